The molecule has 0 aromatic heterocycles. The number of nitro benzene ring substituents is 1. The fourth-order valence-corrected chi connectivity index (χ4v) is 5.23. The molecule has 0 bridgehead atoms. The van der Waals surface area contributed by atoms with Gasteiger partial charge in [0.25, 0.3) is 5.69 Å². The van der Waals surface area contributed by atoms with Crippen molar-refractivity contribution < 1.29 is 28.8 Å². The molecule has 33 heavy (non-hydrogen) atoms. The number of nitro groups is 1. The summed E-state index contributed by atoms with van der Waals surface area (Å²) in [4.78, 5) is 52.6. The van der Waals surface area contributed by atoms with E-state index in [1.54, 1.807) is 26.8 Å². The van der Waals surface area contributed by atoms with Crippen molar-refractivity contribution in [1.29, 1.82) is 0 Å². The molecule has 2 rings (SSSR count). The molecule has 0 N–H and O–H groups in total. The van der Waals surface area contributed by atoms with Gasteiger partial charge in [-0.15, -0.1) is 11.8 Å². The Hall–Kier alpha value is -2.66. The summed E-state index contributed by atoms with van der Waals surface area (Å²) in [6, 6.07) is 5.84. The molecule has 0 saturated heterocycles. The van der Waals surface area contributed by atoms with E-state index in [4.69, 9.17) is 9.47 Å². The standard InChI is InChI=1S/C22H26N2O7S2/c1-5-30-21(26)18-13(3)23-17(11-32-12-33-14(4)25)20(22(27)31-6-2)19(18)15-8-7-9-16(10-15)24(28)29/h7-10,18-19H,5-6,11-12H2,1-4H3. The number of carbonyl (C=O) groups excluding carboxylic acids is 3. The summed E-state index contributed by atoms with van der Waals surface area (Å²) in [6.07, 6.45) is 0. The number of carbonyl (C=O) groups is 3. The zero-order chi connectivity index (χ0) is 24.5. The average molecular weight is 495 g/mol. The minimum Gasteiger partial charge on any atom is -0.465 e. The topological polar surface area (TPSA) is 125 Å². The Balaban J connectivity index is 2.64. The first-order valence-corrected chi connectivity index (χ1v) is 12.4. The molecule has 9 nitrogen and oxygen atoms in total. The summed E-state index contributed by atoms with van der Waals surface area (Å²) in [6.45, 7) is 6.72. The molecule has 2 unspecified atom stereocenters. The van der Waals surface area contributed by atoms with Crippen molar-refractivity contribution in [3.8, 4) is 0 Å². The van der Waals surface area contributed by atoms with Gasteiger partial charge in [0.2, 0.25) is 0 Å². The number of esters is 2. The Labute approximate surface area is 200 Å². The molecule has 0 radical (unpaired) electrons. The first-order chi connectivity index (χ1) is 15.7. The smallest absolute Gasteiger partial charge is 0.336 e. The van der Waals surface area contributed by atoms with Gasteiger partial charge in [-0.2, -0.15) is 0 Å². The van der Waals surface area contributed by atoms with Gasteiger partial charge in [0, 0.05) is 41.5 Å². The molecule has 0 aliphatic carbocycles. The van der Waals surface area contributed by atoms with E-state index in [9.17, 15) is 24.5 Å². The lowest BCUT2D eigenvalue weighted by atomic mass is 9.75. The van der Waals surface area contributed by atoms with Crippen LogP contribution in [0.25, 0.3) is 0 Å². The van der Waals surface area contributed by atoms with Crippen LogP contribution in [0.15, 0.2) is 40.5 Å². The molecule has 1 heterocycles. The lowest BCUT2D eigenvalue weighted by Crippen LogP contribution is -2.37. The zero-order valence-corrected chi connectivity index (χ0v) is 20.5. The summed E-state index contributed by atoms with van der Waals surface area (Å²) >= 11 is 2.54. The lowest BCUT2D eigenvalue weighted by Gasteiger charge is -2.32. The van der Waals surface area contributed by atoms with Gasteiger partial charge in [0.1, 0.15) is 5.92 Å². The van der Waals surface area contributed by atoms with Crippen LogP contribution in [-0.4, -0.2) is 51.7 Å². The Morgan fingerprint density at radius 1 is 1.18 bits per heavy atom. The number of rotatable bonds is 10. The van der Waals surface area contributed by atoms with Crippen molar-refractivity contribution in [1.82, 2.24) is 0 Å². The number of benzene rings is 1. The molecule has 0 spiro atoms. The normalized spacial score (nSPS) is 17.9. The fourth-order valence-electron chi connectivity index (χ4n) is 3.49. The van der Waals surface area contributed by atoms with Crippen LogP contribution in [-0.2, 0) is 23.9 Å². The Kier molecular flexibility index (Phi) is 10.1. The molecular formula is C22H26N2O7S2. The van der Waals surface area contributed by atoms with Crippen LogP contribution in [0, 0.1) is 16.0 Å². The molecule has 1 aliphatic rings. The van der Waals surface area contributed by atoms with E-state index in [0.717, 1.165) is 11.8 Å². The number of hydrogen-bond donors (Lipinski definition) is 0. The maximum Gasteiger partial charge on any atom is 0.336 e. The summed E-state index contributed by atoms with van der Waals surface area (Å²) in [5.74, 6) is -2.72. The zero-order valence-electron chi connectivity index (χ0n) is 18.9. The number of nitrogens with zero attached hydrogens (tertiary/aromatic N) is 2. The van der Waals surface area contributed by atoms with Crippen LogP contribution in [0.1, 0.15) is 39.2 Å². The van der Waals surface area contributed by atoms with Crippen LogP contribution >= 0.6 is 23.5 Å². The minimum atomic E-state index is -0.938. The van der Waals surface area contributed by atoms with Gasteiger partial charge in [-0.25, -0.2) is 4.79 Å². The second-order valence-electron chi connectivity index (χ2n) is 7.00. The SMILES string of the molecule is CCOC(=O)C1=C(CSCSC(C)=O)N=C(C)C(C(=O)OCC)C1c1cccc([N+](=O)[O-])c1. The largest absolute Gasteiger partial charge is 0.465 e. The molecule has 1 aromatic rings. The number of non-ortho nitro benzene ring substituents is 1. The number of ether oxygens (including phenoxy) is 2. The fraction of sp³-hybridized carbons (Fsp3) is 0.455. The average Bonchev–Trinajstić information content (AvgIpc) is 2.76. The molecule has 178 valence electrons. The van der Waals surface area contributed by atoms with Crippen molar-refractivity contribution in [3.63, 3.8) is 0 Å². The second kappa shape index (κ2) is 12.5. The third-order valence-electron chi connectivity index (χ3n) is 4.78. The highest BCUT2D eigenvalue weighted by molar-refractivity contribution is 8.23. The van der Waals surface area contributed by atoms with Gasteiger partial charge >= 0.3 is 11.9 Å². The maximum atomic E-state index is 13.1. The van der Waals surface area contributed by atoms with Crippen molar-refractivity contribution in [2.75, 3.05) is 24.1 Å². The predicted molar refractivity (Wildman–Crippen MR) is 128 cm³/mol. The first-order valence-electron chi connectivity index (χ1n) is 10.3. The lowest BCUT2D eigenvalue weighted by molar-refractivity contribution is -0.384. The summed E-state index contributed by atoms with van der Waals surface area (Å²) in [5, 5.41) is 11.8. The van der Waals surface area contributed by atoms with Gasteiger partial charge in [-0.05, 0) is 26.3 Å². The Morgan fingerprint density at radius 3 is 2.48 bits per heavy atom. The second-order valence-corrected chi connectivity index (χ2v) is 9.50. The monoisotopic (exact) mass is 494 g/mol. The highest BCUT2D eigenvalue weighted by Crippen LogP contribution is 2.42. The van der Waals surface area contributed by atoms with E-state index < -0.39 is 28.7 Å². The van der Waals surface area contributed by atoms with E-state index in [1.807, 2.05) is 0 Å². The van der Waals surface area contributed by atoms with Crippen LogP contribution < -0.4 is 0 Å². The van der Waals surface area contributed by atoms with Crippen molar-refractivity contribution in [2.45, 2.75) is 33.6 Å². The molecule has 0 saturated carbocycles. The van der Waals surface area contributed by atoms with Crippen molar-refractivity contribution in [3.05, 3.63) is 51.2 Å². The quantitative estimate of drug-likeness (QED) is 0.155. The van der Waals surface area contributed by atoms with Gasteiger partial charge in [0.05, 0.1) is 29.4 Å². The van der Waals surface area contributed by atoms with Crippen molar-refractivity contribution >= 4 is 52.0 Å². The van der Waals surface area contributed by atoms with E-state index in [-0.39, 0.29) is 29.6 Å². The minimum absolute atomic E-state index is 0.0257. The van der Waals surface area contributed by atoms with Crippen LogP contribution in [0.5, 0.6) is 0 Å². The molecule has 0 fully saturated rings. The third kappa shape index (κ3) is 6.91. The summed E-state index contributed by atoms with van der Waals surface area (Å²) in [7, 11) is 0. The summed E-state index contributed by atoms with van der Waals surface area (Å²) < 4.78 is 10.5. The van der Waals surface area contributed by atoms with Gasteiger partial charge in [0.15, 0.2) is 5.12 Å². The number of thioether (sulfide) groups is 2. The predicted octanol–water partition coefficient (Wildman–Crippen LogP) is 4.12. The van der Waals surface area contributed by atoms with Gasteiger partial charge in [-0.1, -0.05) is 23.9 Å². The van der Waals surface area contributed by atoms with Crippen LogP contribution in [0.4, 0.5) is 5.69 Å². The molecule has 1 aromatic carbocycles. The highest BCUT2D eigenvalue weighted by atomic mass is 32.2. The van der Waals surface area contributed by atoms with Crippen LogP contribution in [0.3, 0.4) is 0 Å². The first kappa shape index (κ1) is 26.6. The maximum absolute atomic E-state index is 13.1. The number of aliphatic imine (C=N–C) groups is 1. The van der Waals surface area contributed by atoms with Gasteiger partial charge in [-0.3, -0.25) is 24.7 Å². The summed E-state index contributed by atoms with van der Waals surface area (Å²) in [5.41, 5.74) is 1.28. The highest BCUT2D eigenvalue weighted by Gasteiger charge is 2.43. The van der Waals surface area contributed by atoms with E-state index in [1.165, 1.54) is 36.9 Å². The molecule has 0 amide bonds. The van der Waals surface area contributed by atoms with E-state index in [2.05, 4.69) is 4.99 Å². The molecular weight excluding hydrogens is 468 g/mol. The Bertz CT molecular complexity index is 991. The van der Waals surface area contributed by atoms with Gasteiger partial charge < -0.3 is 9.47 Å². The van der Waals surface area contributed by atoms with Crippen molar-refractivity contribution in [2.24, 2.45) is 10.9 Å². The van der Waals surface area contributed by atoms with E-state index >= 15 is 0 Å². The van der Waals surface area contributed by atoms with Crippen LogP contribution in [0.2, 0.25) is 0 Å². The van der Waals surface area contributed by atoms with E-state index in [0.29, 0.717) is 27.8 Å². The Morgan fingerprint density at radius 2 is 1.88 bits per heavy atom. The molecule has 1 aliphatic heterocycles. The third-order valence-corrected chi connectivity index (χ3v) is 6.80. The molecule has 2 atom stereocenters. The molecule has 11 heteroatoms. The number of hydrogen-bond acceptors (Lipinski definition) is 10.